The van der Waals surface area contributed by atoms with Gasteiger partial charge in [-0.3, -0.25) is 4.79 Å². The molecule has 1 unspecified atom stereocenters. The topological polar surface area (TPSA) is 52.3 Å². The van der Waals surface area contributed by atoms with Crippen molar-refractivity contribution in [1.82, 2.24) is 0 Å². The Balaban J connectivity index is 2.54. The number of nitrogens with two attached hydrogens (primary N) is 1. The number of ether oxygens (including phenoxy) is 1. The van der Waals surface area contributed by atoms with Crippen molar-refractivity contribution >= 4 is 5.97 Å². The Labute approximate surface area is 98.7 Å². The molecule has 1 saturated carbocycles. The van der Waals surface area contributed by atoms with Crippen molar-refractivity contribution < 1.29 is 9.53 Å². The zero-order valence-corrected chi connectivity index (χ0v) is 10.6. The number of esters is 1. The molecule has 1 fully saturated rings. The van der Waals surface area contributed by atoms with Crippen LogP contribution in [0.25, 0.3) is 0 Å². The van der Waals surface area contributed by atoms with Crippen LogP contribution in [-0.2, 0) is 9.53 Å². The molecule has 1 atom stereocenters. The van der Waals surface area contributed by atoms with Crippen molar-refractivity contribution in [3.8, 4) is 0 Å². The number of carbonyl (C=O) groups is 1. The predicted octanol–water partition coefficient (Wildman–Crippen LogP) is 2.63. The van der Waals surface area contributed by atoms with E-state index in [0.717, 1.165) is 38.5 Å². The molecule has 94 valence electrons. The van der Waals surface area contributed by atoms with Crippen LogP contribution in [-0.4, -0.2) is 18.6 Å². The molecule has 0 radical (unpaired) electrons. The second kappa shape index (κ2) is 6.24. The Bertz CT molecular complexity index is 222. The first kappa shape index (κ1) is 13.5. The summed E-state index contributed by atoms with van der Waals surface area (Å²) in [4.78, 5) is 12.1. The van der Waals surface area contributed by atoms with Crippen molar-refractivity contribution in [2.75, 3.05) is 6.54 Å². The molecule has 0 spiro atoms. The summed E-state index contributed by atoms with van der Waals surface area (Å²) in [6, 6.07) is 0. The molecule has 0 aromatic carbocycles. The maximum absolute atomic E-state index is 12.1. The fraction of sp³-hybridized carbons (Fsp3) is 0.923. The van der Waals surface area contributed by atoms with Crippen LogP contribution >= 0.6 is 0 Å². The van der Waals surface area contributed by atoms with Crippen molar-refractivity contribution in [2.24, 2.45) is 11.1 Å². The van der Waals surface area contributed by atoms with Crippen LogP contribution in [0.3, 0.4) is 0 Å². The summed E-state index contributed by atoms with van der Waals surface area (Å²) in [5.41, 5.74) is 5.41. The van der Waals surface area contributed by atoms with Crippen molar-refractivity contribution in [3.63, 3.8) is 0 Å². The van der Waals surface area contributed by atoms with Crippen molar-refractivity contribution in [2.45, 2.75) is 64.9 Å². The smallest absolute Gasteiger partial charge is 0.313 e. The van der Waals surface area contributed by atoms with E-state index in [9.17, 15) is 4.79 Å². The number of hydrogen-bond acceptors (Lipinski definition) is 3. The average molecular weight is 227 g/mol. The van der Waals surface area contributed by atoms with Gasteiger partial charge < -0.3 is 10.5 Å². The summed E-state index contributed by atoms with van der Waals surface area (Å²) in [7, 11) is 0. The molecule has 1 aliphatic rings. The maximum Gasteiger partial charge on any atom is 0.313 e. The van der Waals surface area contributed by atoms with E-state index < -0.39 is 0 Å². The van der Waals surface area contributed by atoms with Crippen LogP contribution in [0.15, 0.2) is 0 Å². The Morgan fingerprint density at radius 2 is 2.00 bits per heavy atom. The van der Waals surface area contributed by atoms with Crippen molar-refractivity contribution in [1.29, 1.82) is 0 Å². The molecule has 0 heterocycles. The lowest BCUT2D eigenvalue weighted by Crippen LogP contribution is -2.42. The first-order valence-electron chi connectivity index (χ1n) is 6.56. The van der Waals surface area contributed by atoms with E-state index in [-0.39, 0.29) is 17.5 Å². The number of rotatable bonds is 5. The molecular formula is C13H25NO2. The van der Waals surface area contributed by atoms with Gasteiger partial charge in [0.15, 0.2) is 0 Å². The first-order chi connectivity index (χ1) is 7.64. The first-order valence-corrected chi connectivity index (χ1v) is 6.56. The van der Waals surface area contributed by atoms with Gasteiger partial charge in [0.05, 0.1) is 11.5 Å². The lowest BCUT2D eigenvalue weighted by Gasteiger charge is -2.34. The van der Waals surface area contributed by atoms with Gasteiger partial charge in [0.1, 0.15) is 0 Å². The van der Waals surface area contributed by atoms with Gasteiger partial charge in [0, 0.05) is 6.54 Å². The largest absolute Gasteiger partial charge is 0.462 e. The van der Waals surface area contributed by atoms with Crippen molar-refractivity contribution in [3.05, 3.63) is 0 Å². The Morgan fingerprint density at radius 1 is 1.38 bits per heavy atom. The minimum Gasteiger partial charge on any atom is -0.462 e. The standard InChI is InChI=1S/C13H25NO2/c1-3-7-11(2)16-12(15)13(10-14)8-5-4-6-9-13/h11H,3-10,14H2,1-2H3. The lowest BCUT2D eigenvalue weighted by atomic mass is 9.74. The third kappa shape index (κ3) is 3.21. The lowest BCUT2D eigenvalue weighted by molar-refractivity contribution is -0.162. The summed E-state index contributed by atoms with van der Waals surface area (Å²) in [5.74, 6) is -0.0596. The van der Waals surface area contributed by atoms with Crippen LogP contribution < -0.4 is 5.73 Å². The fourth-order valence-corrected chi connectivity index (χ4v) is 2.49. The van der Waals surface area contributed by atoms with E-state index in [2.05, 4.69) is 6.92 Å². The van der Waals surface area contributed by atoms with E-state index in [1.807, 2.05) is 6.92 Å². The summed E-state index contributed by atoms with van der Waals surface area (Å²) in [5, 5.41) is 0. The number of carbonyl (C=O) groups excluding carboxylic acids is 1. The second-order valence-electron chi connectivity index (χ2n) is 5.05. The summed E-state index contributed by atoms with van der Waals surface area (Å²) < 4.78 is 5.51. The zero-order chi connectivity index (χ0) is 12.0. The minimum absolute atomic E-state index is 0.0304. The van der Waals surface area contributed by atoms with Crippen LogP contribution in [0, 0.1) is 5.41 Å². The highest BCUT2D eigenvalue weighted by Gasteiger charge is 2.40. The molecular weight excluding hydrogens is 202 g/mol. The molecule has 16 heavy (non-hydrogen) atoms. The molecule has 3 nitrogen and oxygen atoms in total. The fourth-order valence-electron chi connectivity index (χ4n) is 2.49. The third-order valence-electron chi connectivity index (χ3n) is 3.64. The molecule has 1 aliphatic carbocycles. The predicted molar refractivity (Wildman–Crippen MR) is 65.0 cm³/mol. The highest BCUT2D eigenvalue weighted by molar-refractivity contribution is 5.77. The molecule has 0 amide bonds. The zero-order valence-electron chi connectivity index (χ0n) is 10.6. The van der Waals surface area contributed by atoms with Gasteiger partial charge in [-0.25, -0.2) is 0 Å². The SMILES string of the molecule is CCCC(C)OC(=O)C1(CN)CCCCC1. The Morgan fingerprint density at radius 3 is 2.50 bits per heavy atom. The van der Waals surface area contributed by atoms with E-state index >= 15 is 0 Å². The molecule has 0 aliphatic heterocycles. The Kier molecular flexibility index (Phi) is 5.26. The summed E-state index contributed by atoms with van der Waals surface area (Å²) >= 11 is 0. The van der Waals surface area contributed by atoms with Crippen LogP contribution in [0.5, 0.6) is 0 Å². The highest BCUT2D eigenvalue weighted by Crippen LogP contribution is 2.36. The summed E-state index contributed by atoms with van der Waals surface area (Å²) in [6.45, 7) is 4.50. The van der Waals surface area contributed by atoms with E-state index in [1.165, 1.54) is 6.42 Å². The molecule has 0 aromatic heterocycles. The molecule has 3 heteroatoms. The Hall–Kier alpha value is -0.570. The second-order valence-corrected chi connectivity index (χ2v) is 5.05. The van der Waals surface area contributed by atoms with Gasteiger partial charge >= 0.3 is 5.97 Å². The summed E-state index contributed by atoms with van der Waals surface area (Å²) in [6.07, 6.45) is 7.25. The van der Waals surface area contributed by atoms with Crippen LogP contribution in [0.2, 0.25) is 0 Å². The van der Waals surface area contributed by atoms with Gasteiger partial charge in [-0.05, 0) is 26.2 Å². The van der Waals surface area contributed by atoms with Gasteiger partial charge in [-0.15, -0.1) is 0 Å². The monoisotopic (exact) mass is 227 g/mol. The highest BCUT2D eigenvalue weighted by atomic mass is 16.5. The van der Waals surface area contributed by atoms with Gasteiger partial charge in [0.25, 0.3) is 0 Å². The third-order valence-corrected chi connectivity index (χ3v) is 3.64. The van der Waals surface area contributed by atoms with Gasteiger partial charge in [-0.1, -0.05) is 32.6 Å². The normalized spacial score (nSPS) is 21.4. The molecule has 0 bridgehead atoms. The molecule has 2 N–H and O–H groups in total. The molecule has 0 saturated heterocycles. The van der Waals surface area contributed by atoms with E-state index in [0.29, 0.717) is 6.54 Å². The van der Waals surface area contributed by atoms with Gasteiger partial charge in [0.2, 0.25) is 0 Å². The minimum atomic E-state index is -0.375. The van der Waals surface area contributed by atoms with E-state index in [1.54, 1.807) is 0 Å². The maximum atomic E-state index is 12.1. The van der Waals surface area contributed by atoms with Crippen LogP contribution in [0.4, 0.5) is 0 Å². The molecule has 1 rings (SSSR count). The number of hydrogen-bond donors (Lipinski definition) is 1. The average Bonchev–Trinajstić information content (AvgIpc) is 2.30. The van der Waals surface area contributed by atoms with Gasteiger partial charge in [-0.2, -0.15) is 0 Å². The van der Waals surface area contributed by atoms with Crippen LogP contribution in [0.1, 0.15) is 58.8 Å². The molecule has 0 aromatic rings. The quantitative estimate of drug-likeness (QED) is 0.735. The van der Waals surface area contributed by atoms with E-state index in [4.69, 9.17) is 10.5 Å².